The summed E-state index contributed by atoms with van der Waals surface area (Å²) in [7, 11) is 1.62. The van der Waals surface area contributed by atoms with E-state index >= 15 is 0 Å². The molecule has 1 atom stereocenters. The summed E-state index contributed by atoms with van der Waals surface area (Å²) in [5.41, 5.74) is 3.62. The average molecular weight is 461 g/mol. The topological polar surface area (TPSA) is 76.6 Å². The van der Waals surface area contributed by atoms with Gasteiger partial charge in [0.15, 0.2) is 11.9 Å². The fourth-order valence-corrected chi connectivity index (χ4v) is 4.31. The first kappa shape index (κ1) is 23.8. The predicted molar refractivity (Wildman–Crippen MR) is 135 cm³/mol. The molecule has 2 N–H and O–H groups in total. The molecule has 0 amide bonds. The summed E-state index contributed by atoms with van der Waals surface area (Å²) >= 11 is 0. The van der Waals surface area contributed by atoms with Gasteiger partial charge in [0.25, 0.3) is 0 Å². The summed E-state index contributed by atoms with van der Waals surface area (Å²) in [6, 6.07) is 23.5. The van der Waals surface area contributed by atoms with E-state index in [1.54, 1.807) is 13.2 Å². The minimum absolute atomic E-state index is 0.368. The number of aliphatic hydroxyl groups excluding tert-OH is 1. The summed E-state index contributed by atoms with van der Waals surface area (Å²) in [5, 5.41) is 14.2. The number of fused-ring (bicyclic) bond motifs is 1. The maximum absolute atomic E-state index is 12.7. The fourth-order valence-electron chi connectivity index (χ4n) is 4.31. The van der Waals surface area contributed by atoms with Gasteiger partial charge in [0, 0.05) is 11.1 Å². The number of rotatable bonds is 10. The molecule has 1 heterocycles. The highest BCUT2D eigenvalue weighted by atomic mass is 16.5. The highest BCUT2D eigenvalue weighted by molar-refractivity contribution is 5.90. The molecular weight excluding hydrogens is 428 g/mol. The Labute approximate surface area is 199 Å². The van der Waals surface area contributed by atoms with Crippen molar-refractivity contribution in [3.63, 3.8) is 0 Å². The summed E-state index contributed by atoms with van der Waals surface area (Å²) in [4.78, 5) is 12.7. The zero-order valence-electron chi connectivity index (χ0n) is 20.0. The van der Waals surface area contributed by atoms with E-state index in [1.165, 1.54) is 10.1 Å². The van der Waals surface area contributed by atoms with Gasteiger partial charge in [-0.3, -0.25) is 5.32 Å². The molecule has 1 unspecified atom stereocenters. The lowest BCUT2D eigenvalue weighted by Crippen LogP contribution is -2.45. The number of hydrogen-bond donors (Lipinski definition) is 2. The van der Waals surface area contributed by atoms with Gasteiger partial charge in [-0.1, -0.05) is 61.0 Å². The summed E-state index contributed by atoms with van der Waals surface area (Å²) in [5.74, 6) is 0.149. The van der Waals surface area contributed by atoms with Gasteiger partial charge >= 0.3 is 5.76 Å². The normalized spacial score (nSPS) is 12.7. The highest BCUT2D eigenvalue weighted by Gasteiger charge is 2.25. The highest BCUT2D eigenvalue weighted by Crippen LogP contribution is 2.30. The lowest BCUT2D eigenvalue weighted by Gasteiger charge is -2.29. The molecule has 6 heteroatoms. The van der Waals surface area contributed by atoms with Crippen molar-refractivity contribution >= 4 is 11.1 Å². The van der Waals surface area contributed by atoms with Crippen molar-refractivity contribution in [1.82, 2.24) is 9.88 Å². The van der Waals surface area contributed by atoms with E-state index in [0.29, 0.717) is 11.1 Å². The maximum Gasteiger partial charge on any atom is 0.423 e. The van der Waals surface area contributed by atoms with Gasteiger partial charge < -0.3 is 14.3 Å². The fraction of sp³-hybridized carbons (Fsp3) is 0.321. The lowest BCUT2D eigenvalue weighted by molar-refractivity contribution is 0.0331. The minimum atomic E-state index is -1.20. The first-order valence-electron chi connectivity index (χ1n) is 11.7. The summed E-state index contributed by atoms with van der Waals surface area (Å²) in [6.45, 7) is 4.07. The number of unbranched alkanes of at least 4 members (excludes halogenated alkanes) is 1. The van der Waals surface area contributed by atoms with Crippen LogP contribution in [0, 0.1) is 0 Å². The number of methoxy groups -OCH3 is 1. The van der Waals surface area contributed by atoms with Crippen LogP contribution in [-0.4, -0.2) is 22.3 Å². The molecular formula is C28H32N2O4. The largest absolute Gasteiger partial charge is 0.497 e. The molecule has 0 bridgehead atoms. The van der Waals surface area contributed by atoms with E-state index in [0.717, 1.165) is 42.6 Å². The number of para-hydroxylation sites is 1. The van der Waals surface area contributed by atoms with Crippen LogP contribution in [0.5, 0.6) is 5.75 Å². The smallest absolute Gasteiger partial charge is 0.423 e. The van der Waals surface area contributed by atoms with Gasteiger partial charge in [0.05, 0.1) is 12.6 Å². The van der Waals surface area contributed by atoms with Crippen molar-refractivity contribution in [3.05, 3.63) is 88.9 Å². The SMILES string of the molecule is COc1ccc(-c2cccc3c2oc(=O)n3C(O)NC(C)(C)CCCCc2ccccc2)cc1. The number of hydrogen-bond acceptors (Lipinski definition) is 5. The van der Waals surface area contributed by atoms with Crippen molar-refractivity contribution in [2.24, 2.45) is 0 Å². The van der Waals surface area contributed by atoms with Crippen LogP contribution >= 0.6 is 0 Å². The first-order chi connectivity index (χ1) is 16.4. The molecule has 0 aliphatic rings. The van der Waals surface area contributed by atoms with Crippen molar-refractivity contribution in [2.75, 3.05) is 7.11 Å². The van der Waals surface area contributed by atoms with Gasteiger partial charge in [-0.05, 0) is 62.4 Å². The van der Waals surface area contributed by atoms with E-state index in [2.05, 4.69) is 29.6 Å². The monoisotopic (exact) mass is 460 g/mol. The standard InChI is InChI=1S/C28H32N2O4/c1-28(2,19-8-7-12-20-10-5-4-6-11-20)29-26(31)30-24-14-9-13-23(25(24)34-27(30)32)21-15-17-22(33-3)18-16-21/h4-6,9-11,13-18,26,29,31H,7-8,12,19H2,1-3H3. The molecule has 0 saturated heterocycles. The molecule has 178 valence electrons. The maximum atomic E-state index is 12.7. The number of oxazole rings is 1. The molecule has 0 spiro atoms. The van der Waals surface area contributed by atoms with Crippen LogP contribution in [-0.2, 0) is 6.42 Å². The number of nitrogens with zero attached hydrogens (tertiary/aromatic N) is 1. The molecule has 6 nitrogen and oxygen atoms in total. The van der Waals surface area contributed by atoms with Crippen molar-refractivity contribution in [2.45, 2.75) is 51.4 Å². The van der Waals surface area contributed by atoms with E-state index < -0.39 is 12.1 Å². The van der Waals surface area contributed by atoms with Crippen LogP contribution in [0.4, 0.5) is 0 Å². The molecule has 0 radical (unpaired) electrons. The number of aryl methyl sites for hydroxylation is 1. The van der Waals surface area contributed by atoms with Gasteiger partial charge in [0.1, 0.15) is 5.75 Å². The molecule has 0 aliphatic heterocycles. The Hall–Kier alpha value is -3.35. The van der Waals surface area contributed by atoms with Crippen LogP contribution in [0.2, 0.25) is 0 Å². The first-order valence-corrected chi connectivity index (χ1v) is 11.7. The minimum Gasteiger partial charge on any atom is -0.497 e. The third-order valence-electron chi connectivity index (χ3n) is 6.17. The molecule has 4 aromatic rings. The van der Waals surface area contributed by atoms with Gasteiger partial charge in [-0.15, -0.1) is 0 Å². The molecule has 3 aromatic carbocycles. The van der Waals surface area contributed by atoms with Crippen LogP contribution in [0.1, 0.15) is 45.0 Å². The summed E-state index contributed by atoms with van der Waals surface area (Å²) < 4.78 is 12.1. The molecule has 0 saturated carbocycles. The van der Waals surface area contributed by atoms with E-state index in [1.807, 2.05) is 56.3 Å². The van der Waals surface area contributed by atoms with Crippen molar-refractivity contribution in [3.8, 4) is 16.9 Å². The molecule has 4 rings (SSSR count). The Morgan fingerprint density at radius 3 is 2.44 bits per heavy atom. The second-order valence-corrected chi connectivity index (χ2v) is 9.21. The zero-order valence-corrected chi connectivity index (χ0v) is 20.0. The Balaban J connectivity index is 1.48. The number of aromatic nitrogens is 1. The third kappa shape index (κ3) is 5.41. The second kappa shape index (κ2) is 10.3. The third-order valence-corrected chi connectivity index (χ3v) is 6.17. The second-order valence-electron chi connectivity index (χ2n) is 9.21. The quantitative estimate of drug-likeness (QED) is 0.241. The number of aliphatic hydroxyl groups is 1. The zero-order chi connectivity index (χ0) is 24.1. The van der Waals surface area contributed by atoms with Crippen LogP contribution in [0.25, 0.3) is 22.2 Å². The average Bonchev–Trinajstić information content (AvgIpc) is 3.18. The predicted octanol–water partition coefficient (Wildman–Crippen LogP) is 5.50. The Bertz CT molecular complexity index is 1270. The number of ether oxygens (including phenoxy) is 1. The Kier molecular flexibility index (Phi) is 7.20. The molecule has 1 aromatic heterocycles. The van der Waals surface area contributed by atoms with Crippen LogP contribution in [0.15, 0.2) is 82.0 Å². The number of nitrogens with one attached hydrogen (secondary N) is 1. The van der Waals surface area contributed by atoms with E-state index in [-0.39, 0.29) is 5.54 Å². The molecule has 0 fully saturated rings. The number of benzene rings is 3. The van der Waals surface area contributed by atoms with Gasteiger partial charge in [-0.25, -0.2) is 9.36 Å². The molecule has 34 heavy (non-hydrogen) atoms. The Morgan fingerprint density at radius 1 is 1.00 bits per heavy atom. The van der Waals surface area contributed by atoms with E-state index in [9.17, 15) is 9.90 Å². The van der Waals surface area contributed by atoms with E-state index in [4.69, 9.17) is 9.15 Å². The lowest BCUT2D eigenvalue weighted by atomic mass is 9.95. The van der Waals surface area contributed by atoms with Crippen molar-refractivity contribution < 1.29 is 14.3 Å². The van der Waals surface area contributed by atoms with Crippen LogP contribution in [0.3, 0.4) is 0 Å². The van der Waals surface area contributed by atoms with Gasteiger partial charge in [0.2, 0.25) is 0 Å². The summed E-state index contributed by atoms with van der Waals surface area (Å²) in [6.07, 6.45) is 2.75. The van der Waals surface area contributed by atoms with Crippen molar-refractivity contribution in [1.29, 1.82) is 0 Å². The van der Waals surface area contributed by atoms with Crippen LogP contribution < -0.4 is 15.8 Å². The Morgan fingerprint density at radius 2 is 1.74 bits per heavy atom. The van der Waals surface area contributed by atoms with Gasteiger partial charge in [-0.2, -0.15) is 0 Å². The molecule has 0 aliphatic carbocycles.